The number of aliphatic hydroxyl groups excluding tert-OH is 1. The van der Waals surface area contributed by atoms with Crippen molar-refractivity contribution >= 4 is 0 Å². The van der Waals surface area contributed by atoms with E-state index in [-0.39, 0.29) is 6.04 Å². The number of ether oxygens (including phenoxy) is 3. The number of nitrogens with zero attached hydrogens (tertiary/aromatic N) is 3. The highest BCUT2D eigenvalue weighted by molar-refractivity contribution is 5.16. The first-order valence-electron chi connectivity index (χ1n) is 11.8. The third-order valence-corrected chi connectivity index (χ3v) is 6.21. The number of benzene rings is 3. The third-order valence-electron chi connectivity index (χ3n) is 6.21. The molecule has 0 unspecified atom stereocenters. The molecule has 1 aliphatic rings. The van der Waals surface area contributed by atoms with Crippen LogP contribution in [0.3, 0.4) is 0 Å². The molecule has 0 fully saturated rings. The number of aliphatic hydroxyl groups is 1. The van der Waals surface area contributed by atoms with E-state index in [9.17, 15) is 5.11 Å². The summed E-state index contributed by atoms with van der Waals surface area (Å²) in [5.41, 5.74) is 3.15. The summed E-state index contributed by atoms with van der Waals surface area (Å²) in [6, 6.07) is 29.6. The lowest BCUT2D eigenvalue weighted by molar-refractivity contribution is -0.172. The summed E-state index contributed by atoms with van der Waals surface area (Å²) in [7, 11) is 0. The Morgan fingerprint density at radius 1 is 0.686 bits per heavy atom. The Labute approximate surface area is 204 Å². The van der Waals surface area contributed by atoms with Crippen molar-refractivity contribution in [1.82, 2.24) is 14.8 Å². The lowest BCUT2D eigenvalue weighted by atomic mass is 9.95. The van der Waals surface area contributed by atoms with Crippen molar-refractivity contribution in [3.05, 3.63) is 120 Å². The lowest BCUT2D eigenvalue weighted by Crippen LogP contribution is -2.49. The van der Waals surface area contributed by atoms with Crippen LogP contribution in [0.2, 0.25) is 0 Å². The predicted molar refractivity (Wildman–Crippen MR) is 130 cm³/mol. The summed E-state index contributed by atoms with van der Waals surface area (Å²) < 4.78 is 20.7. The van der Waals surface area contributed by atoms with E-state index in [1.54, 1.807) is 6.33 Å². The molecule has 5 rings (SSSR count). The van der Waals surface area contributed by atoms with Crippen LogP contribution in [0.5, 0.6) is 0 Å². The van der Waals surface area contributed by atoms with Gasteiger partial charge in [-0.1, -0.05) is 91.0 Å². The minimum atomic E-state index is -0.979. The standard InChI is InChI=1S/C28H29N3O4/c32-25-27(35-18-23-14-8-3-9-15-23)26(34-17-22-12-6-2-7-13-22)24(31-20-29-30-28(25)31)19-33-16-21-10-4-1-5-11-21/h1-15,20,24-27,32H,16-19H2/t24-,25+,26-,27-/m1/s1. The van der Waals surface area contributed by atoms with Gasteiger partial charge in [0.2, 0.25) is 0 Å². The largest absolute Gasteiger partial charge is 0.382 e. The van der Waals surface area contributed by atoms with Crippen LogP contribution in [-0.2, 0) is 34.0 Å². The van der Waals surface area contributed by atoms with Crippen LogP contribution in [0.1, 0.15) is 34.7 Å². The second-order valence-electron chi connectivity index (χ2n) is 8.63. The molecular weight excluding hydrogens is 442 g/mol. The van der Waals surface area contributed by atoms with E-state index in [4.69, 9.17) is 14.2 Å². The number of fused-ring (bicyclic) bond motifs is 1. The molecule has 4 aromatic rings. The summed E-state index contributed by atoms with van der Waals surface area (Å²) in [4.78, 5) is 0. The molecule has 3 aromatic carbocycles. The Morgan fingerprint density at radius 3 is 1.77 bits per heavy atom. The summed E-state index contributed by atoms with van der Waals surface area (Å²) in [5, 5.41) is 19.5. The molecule has 1 aliphatic heterocycles. The Kier molecular flexibility index (Phi) is 7.60. The molecule has 2 heterocycles. The number of aromatic nitrogens is 3. The molecule has 0 radical (unpaired) electrons. The van der Waals surface area contributed by atoms with Gasteiger partial charge in [0.25, 0.3) is 0 Å². The molecule has 180 valence electrons. The Bertz CT molecular complexity index is 1170. The first kappa shape index (κ1) is 23.4. The minimum Gasteiger partial charge on any atom is -0.382 e. The molecule has 35 heavy (non-hydrogen) atoms. The lowest BCUT2D eigenvalue weighted by Gasteiger charge is -2.40. The first-order valence-corrected chi connectivity index (χ1v) is 11.8. The highest BCUT2D eigenvalue weighted by atomic mass is 16.6. The van der Waals surface area contributed by atoms with Crippen molar-refractivity contribution in [2.45, 2.75) is 44.2 Å². The van der Waals surface area contributed by atoms with Crippen molar-refractivity contribution in [3.8, 4) is 0 Å². The fraction of sp³-hybridized carbons (Fsp3) is 0.286. The molecule has 4 atom stereocenters. The monoisotopic (exact) mass is 471 g/mol. The fourth-order valence-electron chi connectivity index (χ4n) is 4.39. The highest BCUT2D eigenvalue weighted by Gasteiger charge is 2.45. The van der Waals surface area contributed by atoms with Gasteiger partial charge < -0.3 is 23.9 Å². The molecule has 7 heteroatoms. The van der Waals surface area contributed by atoms with Crippen LogP contribution in [0.15, 0.2) is 97.3 Å². The second-order valence-corrected chi connectivity index (χ2v) is 8.63. The normalized spacial score (nSPS) is 21.5. The molecule has 1 N–H and O–H groups in total. The van der Waals surface area contributed by atoms with E-state index in [1.807, 2.05) is 95.6 Å². The zero-order valence-corrected chi connectivity index (χ0v) is 19.4. The molecule has 7 nitrogen and oxygen atoms in total. The average molecular weight is 472 g/mol. The van der Waals surface area contributed by atoms with Crippen LogP contribution < -0.4 is 0 Å². The minimum absolute atomic E-state index is 0.267. The number of hydrogen-bond acceptors (Lipinski definition) is 6. The first-order chi connectivity index (χ1) is 17.3. The van der Waals surface area contributed by atoms with Crippen LogP contribution in [-0.4, -0.2) is 38.7 Å². The average Bonchev–Trinajstić information content (AvgIpc) is 3.40. The van der Waals surface area contributed by atoms with Gasteiger partial charge in [0.15, 0.2) is 5.82 Å². The maximum atomic E-state index is 11.2. The molecular formula is C28H29N3O4. The van der Waals surface area contributed by atoms with Crippen LogP contribution in [0, 0.1) is 0 Å². The van der Waals surface area contributed by atoms with E-state index in [1.165, 1.54) is 0 Å². The van der Waals surface area contributed by atoms with E-state index >= 15 is 0 Å². The van der Waals surface area contributed by atoms with Gasteiger partial charge >= 0.3 is 0 Å². The molecule has 0 amide bonds. The summed E-state index contributed by atoms with van der Waals surface area (Å²) in [6.45, 7) is 1.56. The van der Waals surface area contributed by atoms with E-state index in [0.717, 1.165) is 16.7 Å². The van der Waals surface area contributed by atoms with Gasteiger partial charge in [0.1, 0.15) is 24.6 Å². The Hall–Kier alpha value is -3.36. The second kappa shape index (κ2) is 11.4. The van der Waals surface area contributed by atoms with E-state index < -0.39 is 18.3 Å². The number of rotatable bonds is 10. The van der Waals surface area contributed by atoms with E-state index in [0.29, 0.717) is 32.3 Å². The quantitative estimate of drug-likeness (QED) is 0.373. The van der Waals surface area contributed by atoms with Crippen LogP contribution in [0.25, 0.3) is 0 Å². The van der Waals surface area contributed by atoms with Crippen molar-refractivity contribution < 1.29 is 19.3 Å². The van der Waals surface area contributed by atoms with Crippen molar-refractivity contribution in [2.24, 2.45) is 0 Å². The number of hydrogen-bond donors (Lipinski definition) is 1. The van der Waals surface area contributed by atoms with Crippen LogP contribution >= 0.6 is 0 Å². The molecule has 0 aliphatic carbocycles. The summed E-state index contributed by atoms with van der Waals surface area (Å²) in [5.74, 6) is 0.455. The summed E-state index contributed by atoms with van der Waals surface area (Å²) in [6.07, 6.45) is -0.469. The fourth-order valence-corrected chi connectivity index (χ4v) is 4.39. The highest BCUT2D eigenvalue weighted by Crippen LogP contribution is 2.36. The zero-order valence-electron chi connectivity index (χ0n) is 19.4. The summed E-state index contributed by atoms with van der Waals surface area (Å²) >= 11 is 0. The van der Waals surface area contributed by atoms with Gasteiger partial charge in [-0.25, -0.2) is 0 Å². The molecule has 0 saturated heterocycles. The predicted octanol–water partition coefficient (Wildman–Crippen LogP) is 4.25. The van der Waals surface area contributed by atoms with Gasteiger partial charge in [-0.2, -0.15) is 0 Å². The topological polar surface area (TPSA) is 78.6 Å². The van der Waals surface area contributed by atoms with Crippen LogP contribution in [0.4, 0.5) is 0 Å². The third kappa shape index (κ3) is 5.66. The van der Waals surface area contributed by atoms with Crippen molar-refractivity contribution in [2.75, 3.05) is 6.61 Å². The Morgan fingerprint density at radius 2 is 1.20 bits per heavy atom. The molecule has 0 spiro atoms. The van der Waals surface area contributed by atoms with Gasteiger partial charge in [0, 0.05) is 0 Å². The SMILES string of the molecule is O[C@@H]1c2nncn2[C@H](COCc2ccccc2)[C@@H](OCc2ccccc2)[C@@H]1OCc1ccccc1. The zero-order chi connectivity index (χ0) is 23.9. The maximum absolute atomic E-state index is 11.2. The van der Waals surface area contributed by atoms with Gasteiger partial charge in [-0.3, -0.25) is 0 Å². The maximum Gasteiger partial charge on any atom is 0.165 e. The van der Waals surface area contributed by atoms with Gasteiger partial charge in [-0.15, -0.1) is 10.2 Å². The van der Waals surface area contributed by atoms with E-state index in [2.05, 4.69) is 10.2 Å². The van der Waals surface area contributed by atoms with Crippen molar-refractivity contribution in [3.63, 3.8) is 0 Å². The molecule has 1 aromatic heterocycles. The molecule has 0 saturated carbocycles. The van der Waals surface area contributed by atoms with Crippen molar-refractivity contribution in [1.29, 1.82) is 0 Å². The smallest absolute Gasteiger partial charge is 0.165 e. The van der Waals surface area contributed by atoms with Gasteiger partial charge in [0.05, 0.1) is 32.5 Å². The van der Waals surface area contributed by atoms with Gasteiger partial charge in [-0.05, 0) is 16.7 Å². The Balaban J connectivity index is 1.38. The molecule has 0 bridgehead atoms.